The molecule has 27 heavy (non-hydrogen) atoms. The monoisotopic (exact) mass is 388 g/mol. The molecule has 2 aliphatic heterocycles. The van der Waals surface area contributed by atoms with Gasteiger partial charge < -0.3 is 9.64 Å². The molecule has 0 N–H and O–H groups in total. The number of nitrogens with zero attached hydrogens (tertiary/aromatic N) is 2. The predicted octanol–water partition coefficient (Wildman–Crippen LogP) is 3.52. The number of benzene rings is 1. The normalized spacial score (nSPS) is 19.9. The van der Waals surface area contributed by atoms with Crippen LogP contribution in [0.2, 0.25) is 0 Å². The van der Waals surface area contributed by atoms with Crippen LogP contribution < -0.4 is 4.74 Å². The summed E-state index contributed by atoms with van der Waals surface area (Å²) in [4.78, 5) is 40.1. The van der Waals surface area contributed by atoms with Crippen molar-refractivity contribution in [3.63, 3.8) is 0 Å². The van der Waals surface area contributed by atoms with Crippen LogP contribution in [0.4, 0.5) is 4.79 Å². The number of amides is 3. The van der Waals surface area contributed by atoms with E-state index in [-0.39, 0.29) is 18.6 Å². The molecule has 7 heteroatoms. The van der Waals surface area contributed by atoms with E-state index in [0.717, 1.165) is 47.2 Å². The van der Waals surface area contributed by atoms with Crippen LogP contribution in [0, 0.1) is 0 Å². The third-order valence-corrected chi connectivity index (χ3v) is 5.62. The number of rotatable bonds is 6. The third kappa shape index (κ3) is 4.71. The molecule has 2 fully saturated rings. The van der Waals surface area contributed by atoms with Crippen molar-refractivity contribution in [2.45, 2.75) is 39.2 Å². The number of hydrogen-bond acceptors (Lipinski definition) is 5. The van der Waals surface area contributed by atoms with Gasteiger partial charge in [0.2, 0.25) is 5.91 Å². The Kier molecular flexibility index (Phi) is 6.21. The first kappa shape index (κ1) is 19.5. The first-order chi connectivity index (χ1) is 13.0. The molecule has 6 nitrogen and oxygen atoms in total. The van der Waals surface area contributed by atoms with Gasteiger partial charge in [0.15, 0.2) is 0 Å². The van der Waals surface area contributed by atoms with E-state index in [1.165, 1.54) is 0 Å². The lowest BCUT2D eigenvalue weighted by molar-refractivity contribution is -0.135. The maximum Gasteiger partial charge on any atom is 0.294 e. The van der Waals surface area contributed by atoms with E-state index < -0.39 is 11.1 Å². The molecular formula is C20H24N2O4S. The molecule has 2 heterocycles. The zero-order valence-electron chi connectivity index (χ0n) is 15.6. The van der Waals surface area contributed by atoms with Crippen molar-refractivity contribution < 1.29 is 19.1 Å². The highest BCUT2D eigenvalue weighted by molar-refractivity contribution is 8.18. The first-order valence-electron chi connectivity index (χ1n) is 9.27. The fourth-order valence-corrected chi connectivity index (χ4v) is 3.79. The maximum absolute atomic E-state index is 12.5. The Morgan fingerprint density at radius 2 is 1.89 bits per heavy atom. The van der Waals surface area contributed by atoms with Gasteiger partial charge in [-0.2, -0.15) is 0 Å². The molecule has 0 aliphatic carbocycles. The molecular weight excluding hydrogens is 364 g/mol. The molecule has 0 unspecified atom stereocenters. The minimum absolute atomic E-state index is 0.139. The van der Waals surface area contributed by atoms with Crippen LogP contribution in [-0.2, 0) is 9.59 Å². The van der Waals surface area contributed by atoms with Crippen molar-refractivity contribution in [1.82, 2.24) is 9.80 Å². The number of carbonyl (C=O) groups excluding carboxylic acids is 3. The fraction of sp³-hybridized carbons (Fsp3) is 0.450. The van der Waals surface area contributed by atoms with Crippen molar-refractivity contribution in [2.75, 3.05) is 19.6 Å². The van der Waals surface area contributed by atoms with E-state index in [0.29, 0.717) is 18.0 Å². The molecule has 0 bridgehead atoms. The van der Waals surface area contributed by atoms with Gasteiger partial charge in [0.05, 0.1) is 11.0 Å². The van der Waals surface area contributed by atoms with E-state index in [2.05, 4.69) is 6.92 Å². The van der Waals surface area contributed by atoms with Crippen LogP contribution in [0.3, 0.4) is 0 Å². The standard InChI is InChI=1S/C20H24N2O4S/c1-3-14(2)26-16-8-6-15(7-9-16)12-17-19(24)22(20(25)27-17)13-18(23)21-10-4-5-11-21/h6-9,12,14H,3-5,10-11,13H2,1-2H3/b17-12-/t14-/m1/s1. The van der Waals surface area contributed by atoms with E-state index in [9.17, 15) is 14.4 Å². The molecule has 0 aromatic heterocycles. The minimum Gasteiger partial charge on any atom is -0.491 e. The summed E-state index contributed by atoms with van der Waals surface area (Å²) in [6.07, 6.45) is 4.69. The number of hydrogen-bond donors (Lipinski definition) is 0. The Morgan fingerprint density at radius 3 is 2.52 bits per heavy atom. The van der Waals surface area contributed by atoms with Crippen LogP contribution in [0.5, 0.6) is 5.75 Å². The van der Waals surface area contributed by atoms with E-state index in [4.69, 9.17) is 4.74 Å². The quantitative estimate of drug-likeness (QED) is 0.698. The van der Waals surface area contributed by atoms with Crippen molar-refractivity contribution in [3.8, 4) is 5.75 Å². The lowest BCUT2D eigenvalue weighted by atomic mass is 10.2. The molecule has 0 spiro atoms. The number of carbonyl (C=O) groups is 3. The van der Waals surface area contributed by atoms with Crippen molar-refractivity contribution in [1.29, 1.82) is 0 Å². The summed E-state index contributed by atoms with van der Waals surface area (Å²) in [5.41, 5.74) is 0.808. The van der Waals surface area contributed by atoms with E-state index >= 15 is 0 Å². The molecule has 1 atom stereocenters. The maximum atomic E-state index is 12.5. The number of thioether (sulfide) groups is 1. The van der Waals surface area contributed by atoms with Crippen LogP contribution in [0.15, 0.2) is 29.2 Å². The van der Waals surface area contributed by atoms with Gasteiger partial charge >= 0.3 is 0 Å². The molecule has 1 aromatic rings. The van der Waals surface area contributed by atoms with E-state index in [1.807, 2.05) is 31.2 Å². The summed E-state index contributed by atoms with van der Waals surface area (Å²) in [5.74, 6) is 0.200. The Morgan fingerprint density at radius 1 is 1.22 bits per heavy atom. The van der Waals surface area contributed by atoms with Gasteiger partial charge in [-0.05, 0) is 61.7 Å². The molecule has 3 amide bonds. The topological polar surface area (TPSA) is 66.9 Å². The molecule has 2 aliphatic rings. The minimum atomic E-state index is -0.405. The van der Waals surface area contributed by atoms with Crippen LogP contribution in [0.1, 0.15) is 38.7 Å². The summed E-state index contributed by atoms with van der Waals surface area (Å²) >= 11 is 0.876. The molecule has 2 saturated heterocycles. The van der Waals surface area contributed by atoms with Gasteiger partial charge in [-0.1, -0.05) is 19.1 Å². The predicted molar refractivity (Wildman–Crippen MR) is 105 cm³/mol. The fourth-order valence-electron chi connectivity index (χ4n) is 2.95. The second-order valence-corrected chi connectivity index (χ2v) is 7.75. The van der Waals surface area contributed by atoms with Gasteiger partial charge in [0.1, 0.15) is 12.3 Å². The average Bonchev–Trinajstić information content (AvgIpc) is 3.28. The summed E-state index contributed by atoms with van der Waals surface area (Å²) in [6.45, 7) is 5.30. The lowest BCUT2D eigenvalue weighted by Crippen LogP contribution is -2.40. The van der Waals surface area contributed by atoms with Crippen molar-refractivity contribution in [2.24, 2.45) is 0 Å². The average molecular weight is 388 g/mol. The number of imide groups is 1. The summed E-state index contributed by atoms with van der Waals surface area (Å²) in [5, 5.41) is -0.393. The van der Waals surface area contributed by atoms with Gasteiger partial charge in [0, 0.05) is 13.1 Å². The Bertz CT molecular complexity index is 754. The van der Waals surface area contributed by atoms with Crippen LogP contribution in [-0.4, -0.2) is 52.6 Å². The van der Waals surface area contributed by atoms with Crippen LogP contribution >= 0.6 is 11.8 Å². The Hall–Kier alpha value is -2.28. The van der Waals surface area contributed by atoms with Crippen molar-refractivity contribution >= 4 is 34.9 Å². The Labute approximate surface area is 163 Å². The number of likely N-dealkylation sites (tertiary alicyclic amines) is 1. The molecule has 144 valence electrons. The lowest BCUT2D eigenvalue weighted by Gasteiger charge is -2.18. The third-order valence-electron chi connectivity index (χ3n) is 4.72. The highest BCUT2D eigenvalue weighted by Crippen LogP contribution is 2.32. The summed E-state index contributed by atoms with van der Waals surface area (Å²) in [6, 6.07) is 7.39. The molecule has 0 radical (unpaired) electrons. The Balaban J connectivity index is 1.65. The van der Waals surface area contributed by atoms with Gasteiger partial charge in [-0.3, -0.25) is 19.3 Å². The second kappa shape index (κ2) is 8.61. The summed E-state index contributed by atoms with van der Waals surface area (Å²) < 4.78 is 5.74. The number of ether oxygens (including phenoxy) is 1. The van der Waals surface area contributed by atoms with Gasteiger partial charge in [0.25, 0.3) is 11.1 Å². The van der Waals surface area contributed by atoms with Gasteiger partial charge in [-0.25, -0.2) is 0 Å². The molecule has 1 aromatic carbocycles. The smallest absolute Gasteiger partial charge is 0.294 e. The van der Waals surface area contributed by atoms with E-state index in [1.54, 1.807) is 11.0 Å². The summed E-state index contributed by atoms with van der Waals surface area (Å²) in [7, 11) is 0. The van der Waals surface area contributed by atoms with Crippen molar-refractivity contribution in [3.05, 3.63) is 34.7 Å². The second-order valence-electron chi connectivity index (χ2n) is 6.76. The highest BCUT2D eigenvalue weighted by atomic mass is 32.2. The SMILES string of the molecule is CC[C@@H](C)Oc1ccc(/C=C2\SC(=O)N(CC(=O)N3CCCC3)C2=O)cc1. The molecule has 3 rings (SSSR count). The zero-order valence-corrected chi connectivity index (χ0v) is 16.5. The van der Waals surface area contributed by atoms with Crippen LogP contribution in [0.25, 0.3) is 6.08 Å². The molecule has 0 saturated carbocycles. The largest absolute Gasteiger partial charge is 0.491 e. The van der Waals surface area contributed by atoms with Gasteiger partial charge in [-0.15, -0.1) is 0 Å². The highest BCUT2D eigenvalue weighted by Gasteiger charge is 2.37. The first-order valence-corrected chi connectivity index (χ1v) is 10.1. The zero-order chi connectivity index (χ0) is 19.4.